The molecule has 0 bridgehead atoms. The summed E-state index contributed by atoms with van der Waals surface area (Å²) in [5.74, 6) is 0.708. The Morgan fingerprint density at radius 2 is 2.13 bits per heavy atom. The third-order valence-corrected chi connectivity index (χ3v) is 2.18. The van der Waals surface area contributed by atoms with Crippen molar-refractivity contribution in [2.45, 2.75) is 32.7 Å². The van der Waals surface area contributed by atoms with Gasteiger partial charge in [0.1, 0.15) is 0 Å². The Hall–Kier alpha value is -1.42. The predicted molar refractivity (Wildman–Crippen MR) is 58.4 cm³/mol. The summed E-state index contributed by atoms with van der Waals surface area (Å²) in [6.45, 7) is 6.64. The Morgan fingerprint density at radius 3 is 2.73 bits per heavy atom. The highest BCUT2D eigenvalue weighted by Crippen LogP contribution is 2.25. The molecule has 0 aliphatic carbocycles. The number of nitrogens with zero attached hydrogens (tertiary/aromatic N) is 2. The van der Waals surface area contributed by atoms with Gasteiger partial charge in [0.15, 0.2) is 11.2 Å². The van der Waals surface area contributed by atoms with E-state index < -0.39 is 0 Å². The van der Waals surface area contributed by atoms with Gasteiger partial charge in [-0.15, -0.1) is 0 Å². The lowest BCUT2D eigenvalue weighted by atomic mass is 9.97. The van der Waals surface area contributed by atoms with Crippen LogP contribution in [0.3, 0.4) is 0 Å². The van der Waals surface area contributed by atoms with Crippen molar-refractivity contribution in [1.29, 1.82) is 0 Å². The molecule has 2 rings (SSSR count). The Kier molecular flexibility index (Phi) is 2.23. The lowest BCUT2D eigenvalue weighted by Gasteiger charge is -2.11. The molecule has 2 N–H and O–H groups in total. The second-order valence-corrected chi connectivity index (χ2v) is 4.64. The van der Waals surface area contributed by atoms with E-state index in [9.17, 15) is 0 Å². The minimum absolute atomic E-state index is 0.0937. The summed E-state index contributed by atoms with van der Waals surface area (Å²) in [4.78, 5) is 8.54. The van der Waals surface area contributed by atoms with Crippen LogP contribution in [0, 0.1) is 0 Å². The van der Waals surface area contributed by atoms with Gasteiger partial charge in [-0.1, -0.05) is 20.8 Å². The zero-order chi connectivity index (χ0) is 11.1. The molecule has 0 spiro atoms. The number of rotatable bonds is 1. The van der Waals surface area contributed by atoms with Crippen molar-refractivity contribution >= 4 is 11.2 Å². The van der Waals surface area contributed by atoms with E-state index in [1.807, 2.05) is 6.07 Å². The maximum Gasteiger partial charge on any atom is 0.202 e. The van der Waals surface area contributed by atoms with Gasteiger partial charge < -0.3 is 10.2 Å². The van der Waals surface area contributed by atoms with Gasteiger partial charge in [-0.3, -0.25) is 0 Å². The summed E-state index contributed by atoms with van der Waals surface area (Å²) >= 11 is 0. The van der Waals surface area contributed by atoms with Crippen molar-refractivity contribution in [2.24, 2.45) is 5.73 Å². The van der Waals surface area contributed by atoms with Gasteiger partial charge in [0.25, 0.3) is 0 Å². The first-order chi connectivity index (χ1) is 7.00. The van der Waals surface area contributed by atoms with Crippen LogP contribution in [-0.2, 0) is 12.0 Å². The highest BCUT2D eigenvalue weighted by atomic mass is 16.3. The first-order valence-electron chi connectivity index (χ1n) is 4.97. The largest absolute Gasteiger partial charge is 0.438 e. The number of fused-ring (bicyclic) bond motifs is 1. The van der Waals surface area contributed by atoms with Crippen molar-refractivity contribution in [3.63, 3.8) is 0 Å². The number of pyridine rings is 1. The lowest BCUT2D eigenvalue weighted by Crippen LogP contribution is -2.11. The molecule has 0 aliphatic rings. The van der Waals surface area contributed by atoms with E-state index in [1.54, 1.807) is 6.20 Å². The zero-order valence-corrected chi connectivity index (χ0v) is 9.24. The second-order valence-electron chi connectivity index (χ2n) is 4.64. The molecule has 4 heteroatoms. The smallest absolute Gasteiger partial charge is 0.202 e. The third-order valence-electron chi connectivity index (χ3n) is 2.18. The van der Waals surface area contributed by atoms with Gasteiger partial charge >= 0.3 is 0 Å². The highest BCUT2D eigenvalue weighted by molar-refractivity contribution is 5.68. The quantitative estimate of drug-likeness (QED) is 0.773. The summed E-state index contributed by atoms with van der Waals surface area (Å²) < 4.78 is 5.65. The average molecular weight is 205 g/mol. The fourth-order valence-electron chi connectivity index (χ4n) is 1.29. The SMILES string of the molecule is CC(C)(C)c1nc2ncc(CN)cc2o1. The molecule has 0 aliphatic heterocycles. The van der Waals surface area contributed by atoms with Gasteiger partial charge in [0, 0.05) is 18.2 Å². The van der Waals surface area contributed by atoms with Gasteiger partial charge in [0.05, 0.1) is 0 Å². The van der Waals surface area contributed by atoms with E-state index in [0.717, 1.165) is 5.56 Å². The number of hydrogen-bond acceptors (Lipinski definition) is 4. The molecular formula is C11H15N3O. The van der Waals surface area contributed by atoms with Crippen molar-refractivity contribution in [1.82, 2.24) is 9.97 Å². The molecule has 2 heterocycles. The van der Waals surface area contributed by atoms with E-state index in [1.165, 1.54) is 0 Å². The van der Waals surface area contributed by atoms with Crippen LogP contribution in [0.25, 0.3) is 11.2 Å². The van der Waals surface area contributed by atoms with Crippen molar-refractivity contribution in [2.75, 3.05) is 0 Å². The zero-order valence-electron chi connectivity index (χ0n) is 9.24. The van der Waals surface area contributed by atoms with Crippen molar-refractivity contribution in [3.8, 4) is 0 Å². The molecule has 15 heavy (non-hydrogen) atoms. The fourth-order valence-corrected chi connectivity index (χ4v) is 1.29. The summed E-state index contributed by atoms with van der Waals surface area (Å²) in [6, 6.07) is 1.89. The van der Waals surface area contributed by atoms with Crippen LogP contribution in [0.15, 0.2) is 16.7 Å². The summed E-state index contributed by atoms with van der Waals surface area (Å²) in [5, 5.41) is 0. The van der Waals surface area contributed by atoms with Crippen LogP contribution in [0.1, 0.15) is 32.2 Å². The number of hydrogen-bond donors (Lipinski definition) is 1. The molecule has 80 valence electrons. The molecule has 2 aromatic heterocycles. The maximum atomic E-state index is 5.65. The molecule has 0 saturated heterocycles. The first-order valence-corrected chi connectivity index (χ1v) is 4.97. The van der Waals surface area contributed by atoms with Crippen LogP contribution in [0.5, 0.6) is 0 Å². The maximum absolute atomic E-state index is 5.65. The van der Waals surface area contributed by atoms with E-state index >= 15 is 0 Å². The predicted octanol–water partition coefficient (Wildman–Crippen LogP) is 1.98. The second kappa shape index (κ2) is 3.31. The lowest BCUT2D eigenvalue weighted by molar-refractivity contribution is 0.411. The molecule has 0 atom stereocenters. The molecule has 4 nitrogen and oxygen atoms in total. The van der Waals surface area contributed by atoms with Crippen molar-refractivity contribution < 1.29 is 4.42 Å². The number of aromatic nitrogens is 2. The number of nitrogens with two attached hydrogens (primary N) is 1. The van der Waals surface area contributed by atoms with Crippen LogP contribution in [0.4, 0.5) is 0 Å². The van der Waals surface area contributed by atoms with Crippen molar-refractivity contribution in [3.05, 3.63) is 23.7 Å². The molecular weight excluding hydrogens is 190 g/mol. The van der Waals surface area contributed by atoms with Crippen LogP contribution >= 0.6 is 0 Å². The fraction of sp³-hybridized carbons (Fsp3) is 0.455. The van der Waals surface area contributed by atoms with E-state index in [-0.39, 0.29) is 5.41 Å². The molecule has 0 aromatic carbocycles. The molecule has 2 aromatic rings. The first kappa shape index (κ1) is 10.1. The van der Waals surface area contributed by atoms with E-state index in [2.05, 4.69) is 30.7 Å². The third kappa shape index (κ3) is 1.85. The monoisotopic (exact) mass is 205 g/mol. The standard InChI is InChI=1S/C11H15N3O/c1-11(2,3)10-14-9-8(15-10)4-7(5-12)6-13-9/h4,6H,5,12H2,1-3H3. The minimum atomic E-state index is -0.0937. The number of oxazole rings is 1. The topological polar surface area (TPSA) is 64.9 Å². The molecule has 0 unspecified atom stereocenters. The van der Waals surface area contributed by atoms with Crippen LogP contribution in [0.2, 0.25) is 0 Å². The molecule has 0 saturated carbocycles. The van der Waals surface area contributed by atoms with Gasteiger partial charge in [-0.05, 0) is 11.6 Å². The molecule has 0 radical (unpaired) electrons. The Balaban J connectivity index is 2.56. The highest BCUT2D eigenvalue weighted by Gasteiger charge is 2.21. The van der Waals surface area contributed by atoms with Gasteiger partial charge in [0.2, 0.25) is 5.89 Å². The normalized spacial score (nSPS) is 12.3. The van der Waals surface area contributed by atoms with Crippen LogP contribution < -0.4 is 5.73 Å². The van der Waals surface area contributed by atoms with Gasteiger partial charge in [-0.25, -0.2) is 4.98 Å². The Labute approximate surface area is 88.5 Å². The Bertz CT molecular complexity index is 482. The van der Waals surface area contributed by atoms with Crippen LogP contribution in [-0.4, -0.2) is 9.97 Å². The molecule has 0 amide bonds. The molecule has 0 fully saturated rings. The Morgan fingerprint density at radius 1 is 1.40 bits per heavy atom. The minimum Gasteiger partial charge on any atom is -0.438 e. The van der Waals surface area contributed by atoms with E-state index in [4.69, 9.17) is 10.2 Å². The summed E-state index contributed by atoms with van der Waals surface area (Å²) in [5.41, 5.74) is 7.76. The summed E-state index contributed by atoms with van der Waals surface area (Å²) in [6.07, 6.45) is 1.73. The van der Waals surface area contributed by atoms with E-state index in [0.29, 0.717) is 23.7 Å². The van der Waals surface area contributed by atoms with Gasteiger partial charge in [-0.2, -0.15) is 4.98 Å². The average Bonchev–Trinajstić information content (AvgIpc) is 2.59. The summed E-state index contributed by atoms with van der Waals surface area (Å²) in [7, 11) is 0.